The zero-order chi connectivity index (χ0) is 22.1. The van der Waals surface area contributed by atoms with Crippen molar-refractivity contribution >= 4 is 23.3 Å². The molecule has 4 heterocycles. The third kappa shape index (κ3) is 3.65. The molecule has 7 nitrogen and oxygen atoms in total. The zero-order valence-electron chi connectivity index (χ0n) is 16.8. The van der Waals surface area contributed by atoms with Crippen molar-refractivity contribution in [1.82, 2.24) is 15.2 Å². The van der Waals surface area contributed by atoms with Crippen LogP contribution in [0.5, 0.6) is 0 Å². The quantitative estimate of drug-likeness (QED) is 0.409. The van der Waals surface area contributed by atoms with Crippen molar-refractivity contribution in [1.29, 1.82) is 0 Å². The number of furan rings is 2. The topological polar surface area (TPSA) is 91.7 Å². The van der Waals surface area contributed by atoms with E-state index in [9.17, 15) is 9.90 Å². The minimum atomic E-state index is -1.01. The second-order valence-electron chi connectivity index (χ2n) is 7.39. The van der Waals surface area contributed by atoms with Crippen LogP contribution >= 0.6 is 12.2 Å². The lowest BCUT2D eigenvalue weighted by molar-refractivity contribution is 0.0697. The fourth-order valence-corrected chi connectivity index (χ4v) is 4.30. The monoisotopic (exact) mass is 445 g/mol. The van der Waals surface area contributed by atoms with Crippen LogP contribution in [-0.4, -0.2) is 26.1 Å². The number of thiocarbonyl (C=S) groups is 1. The van der Waals surface area contributed by atoms with E-state index in [1.807, 2.05) is 41.3 Å². The number of hydrogen-bond acceptors (Lipinski definition) is 5. The first kappa shape index (κ1) is 20.0. The summed E-state index contributed by atoms with van der Waals surface area (Å²) in [5.74, 6) is 0.889. The highest BCUT2D eigenvalue weighted by Crippen LogP contribution is 2.41. The molecular formula is C24H19N3O4S. The normalized spacial score (nSPS) is 18.0. The van der Waals surface area contributed by atoms with Crippen molar-refractivity contribution in [2.24, 2.45) is 0 Å². The molecule has 2 N–H and O–H groups in total. The van der Waals surface area contributed by atoms with E-state index in [-0.39, 0.29) is 17.6 Å². The fourth-order valence-electron chi connectivity index (χ4n) is 4.00. The van der Waals surface area contributed by atoms with E-state index in [2.05, 4.69) is 10.3 Å². The van der Waals surface area contributed by atoms with Crippen molar-refractivity contribution in [3.63, 3.8) is 0 Å². The van der Waals surface area contributed by atoms with Crippen LogP contribution in [0.25, 0.3) is 11.3 Å². The number of aromatic carboxylic acids is 1. The summed E-state index contributed by atoms with van der Waals surface area (Å²) in [6.07, 6.45) is 3.37. The highest BCUT2D eigenvalue weighted by Gasteiger charge is 2.42. The minimum absolute atomic E-state index is 0.183. The van der Waals surface area contributed by atoms with Crippen LogP contribution in [0.3, 0.4) is 0 Å². The molecule has 1 fully saturated rings. The predicted octanol–water partition coefficient (Wildman–Crippen LogP) is 4.81. The molecule has 8 heteroatoms. The Hall–Kier alpha value is -3.91. The van der Waals surface area contributed by atoms with E-state index in [4.69, 9.17) is 21.1 Å². The van der Waals surface area contributed by atoms with E-state index in [0.717, 1.165) is 11.5 Å². The Morgan fingerprint density at radius 1 is 1.09 bits per heavy atom. The molecule has 160 valence electrons. The summed E-state index contributed by atoms with van der Waals surface area (Å²) >= 11 is 5.65. The van der Waals surface area contributed by atoms with Gasteiger partial charge in [0.15, 0.2) is 5.11 Å². The molecule has 1 aliphatic rings. The van der Waals surface area contributed by atoms with E-state index in [1.165, 1.54) is 0 Å². The highest BCUT2D eigenvalue weighted by molar-refractivity contribution is 7.80. The van der Waals surface area contributed by atoms with Crippen molar-refractivity contribution < 1.29 is 18.7 Å². The summed E-state index contributed by atoms with van der Waals surface area (Å²) in [4.78, 5) is 18.2. The molecule has 0 saturated carbocycles. The smallest absolute Gasteiger partial charge is 0.336 e. The Kier molecular flexibility index (Phi) is 5.20. The average molecular weight is 446 g/mol. The van der Waals surface area contributed by atoms with Gasteiger partial charge in [-0.25, -0.2) is 4.79 Å². The van der Waals surface area contributed by atoms with Crippen LogP contribution in [0.1, 0.15) is 39.7 Å². The molecule has 0 spiro atoms. The number of carboxylic acids is 1. The number of nitrogens with zero attached hydrogens (tertiary/aromatic N) is 2. The molecule has 1 saturated heterocycles. The Labute approximate surface area is 189 Å². The van der Waals surface area contributed by atoms with Gasteiger partial charge in [0, 0.05) is 11.8 Å². The maximum Gasteiger partial charge on any atom is 0.336 e. The molecule has 0 bridgehead atoms. The largest absolute Gasteiger partial charge is 0.478 e. The number of pyridine rings is 1. The van der Waals surface area contributed by atoms with E-state index >= 15 is 0 Å². The Morgan fingerprint density at radius 3 is 2.69 bits per heavy atom. The van der Waals surface area contributed by atoms with Gasteiger partial charge in [-0.05, 0) is 54.7 Å². The first-order valence-electron chi connectivity index (χ1n) is 10.0. The lowest BCUT2D eigenvalue weighted by atomic mass is 10.0. The second kappa shape index (κ2) is 8.32. The second-order valence-corrected chi connectivity index (χ2v) is 7.77. The maximum atomic E-state index is 11.7. The van der Waals surface area contributed by atoms with Gasteiger partial charge in [-0.2, -0.15) is 0 Å². The van der Waals surface area contributed by atoms with Crippen molar-refractivity contribution in [2.45, 2.75) is 18.6 Å². The number of benzene rings is 1. The Bertz CT molecular complexity index is 1250. The van der Waals surface area contributed by atoms with Gasteiger partial charge >= 0.3 is 5.97 Å². The van der Waals surface area contributed by atoms with Gasteiger partial charge in [0.1, 0.15) is 23.3 Å². The molecule has 32 heavy (non-hydrogen) atoms. The summed E-state index contributed by atoms with van der Waals surface area (Å²) in [5, 5.41) is 13.5. The van der Waals surface area contributed by atoms with Crippen molar-refractivity contribution in [2.75, 3.05) is 0 Å². The van der Waals surface area contributed by atoms with Crippen LogP contribution in [0.15, 0.2) is 88.0 Å². The summed E-state index contributed by atoms with van der Waals surface area (Å²) in [6.45, 7) is 0.453. The fraction of sp³-hybridized carbons (Fsp3) is 0.125. The standard InChI is InChI=1S/C24H19N3O4S/c28-23(29)17-8-2-1-7-16(17)19-10-11-20(31-19)22-21(18-9-3-4-12-25-18)26-24(32)27(22)14-15-6-5-13-30-15/h1-13,21-22H,14H2,(H,26,32)(H,28,29)/t21-,22-/m1/s1. The lowest BCUT2D eigenvalue weighted by Gasteiger charge is -2.25. The van der Waals surface area contributed by atoms with Crippen LogP contribution in [0, 0.1) is 0 Å². The van der Waals surface area contributed by atoms with Crippen molar-refractivity contribution in [3.8, 4) is 11.3 Å². The number of nitrogens with one attached hydrogen (secondary N) is 1. The summed E-state index contributed by atoms with van der Waals surface area (Å²) in [7, 11) is 0. The molecule has 0 unspecified atom stereocenters. The van der Waals surface area contributed by atoms with Crippen molar-refractivity contribution in [3.05, 3.63) is 102 Å². The molecule has 5 rings (SSSR count). The Balaban J connectivity index is 1.56. The van der Waals surface area contributed by atoms with Gasteiger partial charge in [-0.3, -0.25) is 4.98 Å². The number of hydrogen-bond donors (Lipinski definition) is 2. The molecule has 0 radical (unpaired) electrons. The summed E-state index contributed by atoms with van der Waals surface area (Å²) < 4.78 is 11.8. The first-order chi connectivity index (χ1) is 15.6. The number of carbonyl (C=O) groups is 1. The third-order valence-electron chi connectivity index (χ3n) is 5.45. The van der Waals surface area contributed by atoms with Gasteiger partial charge < -0.3 is 24.2 Å². The average Bonchev–Trinajstić information content (AvgIpc) is 3.56. The highest BCUT2D eigenvalue weighted by atomic mass is 32.1. The SMILES string of the molecule is O=C(O)c1ccccc1-c1ccc([C@@H]2[C@@H](c3ccccn3)NC(=S)N2Cc2ccco2)o1. The molecule has 2 atom stereocenters. The summed E-state index contributed by atoms with van der Waals surface area (Å²) in [6, 6.07) is 19.3. The van der Waals surface area contributed by atoms with Gasteiger partial charge in [-0.15, -0.1) is 0 Å². The van der Waals surface area contributed by atoms with Gasteiger partial charge in [-0.1, -0.05) is 24.3 Å². The van der Waals surface area contributed by atoms with Crippen LogP contribution in [0.2, 0.25) is 0 Å². The third-order valence-corrected chi connectivity index (χ3v) is 5.80. The lowest BCUT2D eigenvalue weighted by Crippen LogP contribution is -2.28. The summed E-state index contributed by atoms with van der Waals surface area (Å²) in [5.41, 5.74) is 1.53. The molecular weight excluding hydrogens is 426 g/mol. The van der Waals surface area contributed by atoms with Gasteiger partial charge in [0.25, 0.3) is 0 Å². The first-order valence-corrected chi connectivity index (χ1v) is 10.5. The van der Waals surface area contributed by atoms with Crippen LogP contribution < -0.4 is 5.32 Å². The van der Waals surface area contributed by atoms with E-state index in [1.54, 1.807) is 42.8 Å². The molecule has 4 aromatic rings. The zero-order valence-corrected chi connectivity index (χ0v) is 17.7. The molecule has 1 aliphatic heterocycles. The van der Waals surface area contributed by atoms with E-state index < -0.39 is 5.97 Å². The maximum absolute atomic E-state index is 11.7. The van der Waals surface area contributed by atoms with Crippen LogP contribution in [-0.2, 0) is 6.54 Å². The molecule has 3 aromatic heterocycles. The number of rotatable bonds is 6. The number of aromatic nitrogens is 1. The Morgan fingerprint density at radius 2 is 1.94 bits per heavy atom. The number of carboxylic acid groups (broad SMARTS) is 1. The molecule has 0 amide bonds. The minimum Gasteiger partial charge on any atom is -0.478 e. The molecule has 1 aromatic carbocycles. The predicted molar refractivity (Wildman–Crippen MR) is 121 cm³/mol. The van der Waals surface area contributed by atoms with Crippen LogP contribution in [0.4, 0.5) is 0 Å². The van der Waals surface area contributed by atoms with Gasteiger partial charge in [0.05, 0.1) is 30.1 Å². The van der Waals surface area contributed by atoms with Gasteiger partial charge in [0.2, 0.25) is 0 Å². The van der Waals surface area contributed by atoms with E-state index in [0.29, 0.717) is 28.7 Å². The molecule has 0 aliphatic carbocycles.